The van der Waals surface area contributed by atoms with Gasteiger partial charge in [-0.1, -0.05) is 31.2 Å². The molecule has 1 aliphatic carbocycles. The van der Waals surface area contributed by atoms with E-state index in [1.54, 1.807) is 0 Å². The Morgan fingerprint density at radius 1 is 1.28 bits per heavy atom. The molecule has 0 amide bonds. The van der Waals surface area contributed by atoms with Gasteiger partial charge in [0.05, 0.1) is 0 Å². The smallest absolute Gasteiger partial charge is 0.0443 e. The van der Waals surface area contributed by atoms with Gasteiger partial charge in [0, 0.05) is 19.2 Å². The molecule has 2 rings (SSSR count). The van der Waals surface area contributed by atoms with Gasteiger partial charge in [-0.25, -0.2) is 0 Å². The maximum absolute atomic E-state index is 9.05. The minimum Gasteiger partial charge on any atom is -0.396 e. The van der Waals surface area contributed by atoms with Crippen molar-refractivity contribution in [3.05, 3.63) is 35.4 Å². The van der Waals surface area contributed by atoms with E-state index in [4.69, 9.17) is 5.11 Å². The largest absolute Gasteiger partial charge is 0.396 e. The minimum absolute atomic E-state index is 0.300. The average Bonchev–Trinajstić information content (AvgIpc) is 2.43. The van der Waals surface area contributed by atoms with Gasteiger partial charge in [0.25, 0.3) is 0 Å². The molecule has 0 aromatic heterocycles. The highest BCUT2D eigenvalue weighted by atomic mass is 16.3. The van der Waals surface area contributed by atoms with E-state index in [-0.39, 0.29) is 0 Å². The summed E-state index contributed by atoms with van der Waals surface area (Å²) in [7, 11) is 0. The first-order valence-electron chi connectivity index (χ1n) is 7.29. The zero-order valence-corrected chi connectivity index (χ0v) is 11.4. The second-order valence-electron chi connectivity index (χ2n) is 5.22. The van der Waals surface area contributed by atoms with E-state index in [1.807, 2.05) is 0 Å². The molecule has 1 unspecified atom stereocenters. The summed E-state index contributed by atoms with van der Waals surface area (Å²) in [5.74, 6) is 0. The minimum atomic E-state index is 0.300. The van der Waals surface area contributed by atoms with Gasteiger partial charge < -0.3 is 5.11 Å². The third-order valence-corrected chi connectivity index (χ3v) is 3.89. The number of aryl methyl sites for hydroxylation is 1. The fraction of sp³-hybridized carbons (Fsp3) is 0.625. The molecule has 1 aliphatic rings. The maximum Gasteiger partial charge on any atom is 0.0443 e. The summed E-state index contributed by atoms with van der Waals surface area (Å²) in [6, 6.07) is 9.45. The lowest BCUT2D eigenvalue weighted by Crippen LogP contribution is -2.33. The molecular weight excluding hydrogens is 222 g/mol. The highest BCUT2D eigenvalue weighted by Gasteiger charge is 2.24. The molecule has 0 heterocycles. The molecule has 18 heavy (non-hydrogen) atoms. The van der Waals surface area contributed by atoms with Crippen molar-refractivity contribution >= 4 is 0 Å². The number of hydrogen-bond acceptors (Lipinski definition) is 2. The van der Waals surface area contributed by atoms with Crippen molar-refractivity contribution in [1.29, 1.82) is 0 Å². The zero-order chi connectivity index (χ0) is 12.8. The first-order valence-corrected chi connectivity index (χ1v) is 7.29. The summed E-state index contributed by atoms with van der Waals surface area (Å²) in [6.45, 7) is 4.69. The van der Waals surface area contributed by atoms with Crippen LogP contribution in [0.3, 0.4) is 0 Å². The van der Waals surface area contributed by atoms with Crippen molar-refractivity contribution < 1.29 is 5.11 Å². The SMILES string of the molecule is CCCN(CCCO)C1CCCc2ccccc21. The molecule has 0 bridgehead atoms. The van der Waals surface area contributed by atoms with Gasteiger partial charge in [-0.15, -0.1) is 0 Å². The van der Waals surface area contributed by atoms with E-state index >= 15 is 0 Å². The Balaban J connectivity index is 2.15. The lowest BCUT2D eigenvalue weighted by atomic mass is 9.86. The number of hydrogen-bond donors (Lipinski definition) is 1. The van der Waals surface area contributed by atoms with Crippen molar-refractivity contribution in [3.63, 3.8) is 0 Å². The second kappa shape index (κ2) is 6.91. The van der Waals surface area contributed by atoms with Gasteiger partial charge in [0.1, 0.15) is 0 Å². The molecular formula is C16H25NO. The molecule has 0 aliphatic heterocycles. The standard InChI is InChI=1S/C16H25NO/c1-2-11-17(12-6-13-18)16-10-5-8-14-7-3-4-9-15(14)16/h3-4,7,9,16,18H,2,5-6,8,10-13H2,1H3. The van der Waals surface area contributed by atoms with E-state index < -0.39 is 0 Å². The van der Waals surface area contributed by atoms with Gasteiger partial charge in [0.2, 0.25) is 0 Å². The molecule has 1 aromatic rings. The molecule has 1 aromatic carbocycles. The number of rotatable bonds is 6. The van der Waals surface area contributed by atoms with E-state index in [1.165, 1.54) is 36.8 Å². The number of aliphatic hydroxyl groups excluding tert-OH is 1. The monoisotopic (exact) mass is 247 g/mol. The maximum atomic E-state index is 9.05. The Morgan fingerprint density at radius 3 is 2.89 bits per heavy atom. The first-order chi connectivity index (χ1) is 8.86. The Morgan fingerprint density at radius 2 is 2.11 bits per heavy atom. The van der Waals surface area contributed by atoms with Gasteiger partial charge in [0.15, 0.2) is 0 Å². The van der Waals surface area contributed by atoms with Gasteiger partial charge in [-0.2, -0.15) is 0 Å². The van der Waals surface area contributed by atoms with Crippen LogP contribution in [0, 0.1) is 0 Å². The normalized spacial score (nSPS) is 18.9. The highest BCUT2D eigenvalue weighted by molar-refractivity contribution is 5.32. The quantitative estimate of drug-likeness (QED) is 0.834. The van der Waals surface area contributed by atoms with Crippen LogP contribution in [0.5, 0.6) is 0 Å². The van der Waals surface area contributed by atoms with E-state index in [9.17, 15) is 0 Å². The molecule has 1 N–H and O–H groups in total. The summed E-state index contributed by atoms with van der Waals surface area (Å²) in [4.78, 5) is 2.56. The molecule has 100 valence electrons. The molecule has 0 spiro atoms. The fourth-order valence-electron chi connectivity index (χ4n) is 3.09. The van der Waals surface area contributed by atoms with Crippen molar-refractivity contribution in [3.8, 4) is 0 Å². The summed E-state index contributed by atoms with van der Waals surface area (Å²) in [5, 5.41) is 9.05. The van der Waals surface area contributed by atoms with Crippen molar-refractivity contribution in [2.45, 2.75) is 45.1 Å². The van der Waals surface area contributed by atoms with E-state index in [0.29, 0.717) is 12.6 Å². The Kier molecular flexibility index (Phi) is 5.21. The third kappa shape index (κ3) is 3.12. The number of nitrogens with zero attached hydrogens (tertiary/aromatic N) is 1. The number of aliphatic hydroxyl groups is 1. The van der Waals surface area contributed by atoms with Crippen LogP contribution in [0.2, 0.25) is 0 Å². The van der Waals surface area contributed by atoms with Crippen molar-refractivity contribution in [2.75, 3.05) is 19.7 Å². The van der Waals surface area contributed by atoms with E-state index in [2.05, 4.69) is 36.1 Å². The number of fused-ring (bicyclic) bond motifs is 1. The zero-order valence-electron chi connectivity index (χ0n) is 11.4. The van der Waals surface area contributed by atoms with Crippen LogP contribution >= 0.6 is 0 Å². The third-order valence-electron chi connectivity index (χ3n) is 3.89. The van der Waals surface area contributed by atoms with Crippen LogP contribution < -0.4 is 0 Å². The highest BCUT2D eigenvalue weighted by Crippen LogP contribution is 2.34. The first kappa shape index (κ1) is 13.6. The van der Waals surface area contributed by atoms with Crippen molar-refractivity contribution in [1.82, 2.24) is 4.90 Å². The number of benzene rings is 1. The summed E-state index contributed by atoms with van der Waals surface area (Å²) in [6.07, 6.45) is 5.86. The van der Waals surface area contributed by atoms with Crippen LogP contribution in [0.4, 0.5) is 0 Å². The predicted octanol–water partition coefficient (Wildman–Crippen LogP) is 3.16. The van der Waals surface area contributed by atoms with Crippen LogP contribution in [-0.4, -0.2) is 29.7 Å². The molecule has 2 heteroatoms. The van der Waals surface area contributed by atoms with Crippen LogP contribution in [0.1, 0.15) is 49.8 Å². The summed E-state index contributed by atoms with van der Waals surface area (Å²) in [5.41, 5.74) is 3.05. The Bertz CT molecular complexity index is 364. The Hall–Kier alpha value is -0.860. The molecule has 1 atom stereocenters. The molecule has 2 nitrogen and oxygen atoms in total. The average molecular weight is 247 g/mol. The summed E-state index contributed by atoms with van der Waals surface area (Å²) >= 11 is 0. The van der Waals surface area contributed by atoms with Gasteiger partial charge in [-0.3, -0.25) is 4.90 Å². The summed E-state index contributed by atoms with van der Waals surface area (Å²) < 4.78 is 0. The lowest BCUT2D eigenvalue weighted by molar-refractivity contribution is 0.160. The van der Waals surface area contributed by atoms with Crippen molar-refractivity contribution in [2.24, 2.45) is 0 Å². The predicted molar refractivity (Wildman–Crippen MR) is 75.7 cm³/mol. The lowest BCUT2D eigenvalue weighted by Gasteiger charge is -2.35. The van der Waals surface area contributed by atoms with Crippen LogP contribution in [0.15, 0.2) is 24.3 Å². The molecule has 0 saturated carbocycles. The second-order valence-corrected chi connectivity index (χ2v) is 5.22. The molecule has 0 saturated heterocycles. The fourth-order valence-corrected chi connectivity index (χ4v) is 3.09. The molecule has 0 radical (unpaired) electrons. The molecule has 0 fully saturated rings. The van der Waals surface area contributed by atoms with Gasteiger partial charge in [-0.05, 0) is 49.8 Å². The topological polar surface area (TPSA) is 23.5 Å². The van der Waals surface area contributed by atoms with Gasteiger partial charge >= 0.3 is 0 Å². The van der Waals surface area contributed by atoms with Crippen LogP contribution in [0.25, 0.3) is 0 Å². The van der Waals surface area contributed by atoms with E-state index in [0.717, 1.165) is 19.5 Å². The Labute approximate surface area is 111 Å². The van der Waals surface area contributed by atoms with Crippen LogP contribution in [-0.2, 0) is 6.42 Å².